The highest BCUT2D eigenvalue weighted by atomic mass is 127. The molecule has 0 bridgehead atoms. The number of methoxy groups -OCH3 is 3. The van der Waals surface area contributed by atoms with E-state index in [0.717, 1.165) is 30.2 Å². The minimum Gasteiger partial charge on any atom is -0.493 e. The van der Waals surface area contributed by atoms with Crippen LogP contribution in [0.2, 0.25) is 0 Å². The van der Waals surface area contributed by atoms with E-state index in [-0.39, 0.29) is 30.1 Å². The Morgan fingerprint density at radius 3 is 2.37 bits per heavy atom. The standard InChI is InChI=1S/C22H29N3O4.HI/c1-5-23-22(25-14-17-12-16-8-6-7-9-18(16)29-17)24-13-15-10-19(26-2)21(28-4)20(11-15)27-3;/h6-11,17H,5,12-14H2,1-4H3,(H2,23,24,25);1H. The molecule has 1 heterocycles. The van der Waals surface area contributed by atoms with Crippen LogP contribution in [-0.2, 0) is 13.0 Å². The fourth-order valence-electron chi connectivity index (χ4n) is 3.32. The third kappa shape index (κ3) is 5.84. The topological polar surface area (TPSA) is 73.3 Å². The number of nitrogens with one attached hydrogen (secondary N) is 2. The van der Waals surface area contributed by atoms with E-state index < -0.39 is 0 Å². The molecule has 0 amide bonds. The molecule has 3 rings (SSSR count). The molecule has 1 aliphatic heterocycles. The fourth-order valence-corrected chi connectivity index (χ4v) is 3.32. The lowest BCUT2D eigenvalue weighted by Crippen LogP contribution is -2.42. The maximum Gasteiger partial charge on any atom is 0.203 e. The van der Waals surface area contributed by atoms with Gasteiger partial charge < -0.3 is 29.6 Å². The minimum absolute atomic E-state index is 0. The van der Waals surface area contributed by atoms with Crippen LogP contribution in [0.5, 0.6) is 23.0 Å². The molecular formula is C22H30IN3O4. The van der Waals surface area contributed by atoms with Crippen molar-refractivity contribution in [1.29, 1.82) is 0 Å². The molecule has 0 aromatic heterocycles. The highest BCUT2D eigenvalue weighted by molar-refractivity contribution is 14.0. The molecule has 1 unspecified atom stereocenters. The van der Waals surface area contributed by atoms with Gasteiger partial charge in [-0.2, -0.15) is 0 Å². The van der Waals surface area contributed by atoms with E-state index in [9.17, 15) is 0 Å². The van der Waals surface area contributed by atoms with Gasteiger partial charge in [0.15, 0.2) is 17.5 Å². The average molecular weight is 527 g/mol. The van der Waals surface area contributed by atoms with Gasteiger partial charge in [0.2, 0.25) is 5.75 Å². The van der Waals surface area contributed by atoms with Gasteiger partial charge in [-0.1, -0.05) is 18.2 Å². The third-order valence-electron chi connectivity index (χ3n) is 4.70. The summed E-state index contributed by atoms with van der Waals surface area (Å²) in [4.78, 5) is 4.69. The molecule has 2 aromatic carbocycles. The van der Waals surface area contributed by atoms with Gasteiger partial charge in [-0.15, -0.1) is 24.0 Å². The second-order valence-electron chi connectivity index (χ2n) is 6.66. The van der Waals surface area contributed by atoms with E-state index in [1.807, 2.05) is 37.3 Å². The molecule has 1 atom stereocenters. The maximum atomic E-state index is 5.99. The zero-order valence-corrected chi connectivity index (χ0v) is 20.2. The number of aliphatic imine (C=N–C) groups is 1. The molecule has 2 aromatic rings. The van der Waals surface area contributed by atoms with Crippen LogP contribution in [0.15, 0.2) is 41.4 Å². The van der Waals surface area contributed by atoms with Crippen molar-refractivity contribution >= 4 is 29.9 Å². The van der Waals surface area contributed by atoms with Crippen LogP contribution in [0.3, 0.4) is 0 Å². The maximum absolute atomic E-state index is 5.99. The number of halogens is 1. The van der Waals surface area contributed by atoms with Crippen molar-refractivity contribution in [1.82, 2.24) is 10.6 Å². The van der Waals surface area contributed by atoms with Gasteiger partial charge in [0.05, 0.1) is 34.4 Å². The first-order chi connectivity index (χ1) is 14.2. The summed E-state index contributed by atoms with van der Waals surface area (Å²) in [7, 11) is 4.81. The van der Waals surface area contributed by atoms with Crippen molar-refractivity contribution in [3.63, 3.8) is 0 Å². The van der Waals surface area contributed by atoms with Crippen LogP contribution >= 0.6 is 24.0 Å². The predicted octanol–water partition coefficient (Wildman–Crippen LogP) is 3.39. The van der Waals surface area contributed by atoms with Gasteiger partial charge in [0, 0.05) is 13.0 Å². The van der Waals surface area contributed by atoms with E-state index in [0.29, 0.717) is 30.3 Å². The Kier molecular flexibility index (Phi) is 9.35. The Hall–Kier alpha value is -2.36. The van der Waals surface area contributed by atoms with Crippen molar-refractivity contribution in [3.8, 4) is 23.0 Å². The summed E-state index contributed by atoms with van der Waals surface area (Å²) < 4.78 is 22.2. The zero-order chi connectivity index (χ0) is 20.6. The molecule has 2 N–H and O–H groups in total. The molecule has 30 heavy (non-hydrogen) atoms. The lowest BCUT2D eigenvalue weighted by molar-refractivity contribution is 0.235. The van der Waals surface area contributed by atoms with Crippen LogP contribution in [0.1, 0.15) is 18.1 Å². The summed E-state index contributed by atoms with van der Waals surface area (Å²) in [6.45, 7) is 3.96. The number of benzene rings is 2. The zero-order valence-electron chi connectivity index (χ0n) is 17.9. The molecule has 0 aliphatic carbocycles. The van der Waals surface area contributed by atoms with E-state index in [2.05, 4.69) is 21.7 Å². The fraction of sp³-hybridized carbons (Fsp3) is 0.409. The minimum atomic E-state index is 0. The second kappa shape index (κ2) is 11.7. The first-order valence-electron chi connectivity index (χ1n) is 9.74. The Morgan fingerprint density at radius 1 is 1.07 bits per heavy atom. The van der Waals surface area contributed by atoms with Crippen LogP contribution in [0.4, 0.5) is 0 Å². The molecule has 0 saturated carbocycles. The average Bonchev–Trinajstić information content (AvgIpc) is 3.17. The molecule has 0 saturated heterocycles. The first kappa shape index (κ1) is 23.9. The summed E-state index contributed by atoms with van der Waals surface area (Å²) in [5.74, 6) is 3.52. The monoisotopic (exact) mass is 527 g/mol. The van der Waals surface area contributed by atoms with Crippen molar-refractivity contribution in [2.75, 3.05) is 34.4 Å². The van der Waals surface area contributed by atoms with Crippen molar-refractivity contribution in [2.45, 2.75) is 26.0 Å². The Labute approximate surface area is 195 Å². The highest BCUT2D eigenvalue weighted by Crippen LogP contribution is 2.38. The number of ether oxygens (including phenoxy) is 4. The summed E-state index contributed by atoms with van der Waals surface area (Å²) in [5.41, 5.74) is 2.21. The first-order valence-corrected chi connectivity index (χ1v) is 9.74. The molecule has 8 heteroatoms. The largest absolute Gasteiger partial charge is 0.493 e. The van der Waals surface area contributed by atoms with E-state index in [4.69, 9.17) is 18.9 Å². The molecular weight excluding hydrogens is 497 g/mol. The Morgan fingerprint density at radius 2 is 1.77 bits per heavy atom. The van der Waals surface area contributed by atoms with Gasteiger partial charge in [-0.25, -0.2) is 4.99 Å². The van der Waals surface area contributed by atoms with E-state index in [1.54, 1.807) is 21.3 Å². The molecule has 7 nitrogen and oxygen atoms in total. The summed E-state index contributed by atoms with van der Waals surface area (Å²) in [5, 5.41) is 6.65. The lowest BCUT2D eigenvalue weighted by Gasteiger charge is -2.16. The molecule has 0 radical (unpaired) electrons. The van der Waals surface area contributed by atoms with Crippen LogP contribution in [-0.4, -0.2) is 46.5 Å². The number of guanidine groups is 1. The van der Waals surface area contributed by atoms with Crippen molar-refractivity contribution in [2.24, 2.45) is 4.99 Å². The lowest BCUT2D eigenvalue weighted by atomic mass is 10.1. The summed E-state index contributed by atoms with van der Waals surface area (Å²) in [6, 6.07) is 12.0. The normalized spacial score (nSPS) is 14.8. The number of fused-ring (bicyclic) bond motifs is 1. The predicted molar refractivity (Wildman–Crippen MR) is 129 cm³/mol. The van der Waals surface area contributed by atoms with Gasteiger partial charge in [-0.3, -0.25) is 0 Å². The van der Waals surface area contributed by atoms with Crippen molar-refractivity contribution in [3.05, 3.63) is 47.5 Å². The molecule has 0 fully saturated rings. The Balaban J connectivity index is 0.00000320. The van der Waals surface area contributed by atoms with Crippen LogP contribution in [0, 0.1) is 0 Å². The SMILES string of the molecule is CCNC(=NCc1cc(OC)c(OC)c(OC)c1)NCC1Cc2ccccc2O1.I. The van der Waals surface area contributed by atoms with Gasteiger partial charge in [-0.05, 0) is 36.2 Å². The summed E-state index contributed by atoms with van der Waals surface area (Å²) in [6.07, 6.45) is 0.993. The number of nitrogens with zero attached hydrogens (tertiary/aromatic N) is 1. The van der Waals surface area contributed by atoms with Crippen LogP contribution < -0.4 is 29.6 Å². The third-order valence-corrected chi connectivity index (χ3v) is 4.70. The number of hydrogen-bond donors (Lipinski definition) is 2. The van der Waals surface area contributed by atoms with Crippen molar-refractivity contribution < 1.29 is 18.9 Å². The summed E-state index contributed by atoms with van der Waals surface area (Å²) >= 11 is 0. The van der Waals surface area contributed by atoms with Gasteiger partial charge in [0.1, 0.15) is 11.9 Å². The smallest absolute Gasteiger partial charge is 0.203 e. The number of para-hydroxylation sites is 1. The Bertz CT molecular complexity index is 810. The molecule has 1 aliphatic rings. The van der Waals surface area contributed by atoms with E-state index in [1.165, 1.54) is 5.56 Å². The second-order valence-corrected chi connectivity index (χ2v) is 6.66. The number of hydrogen-bond acceptors (Lipinski definition) is 5. The number of rotatable bonds is 8. The molecule has 0 spiro atoms. The highest BCUT2D eigenvalue weighted by Gasteiger charge is 2.22. The van der Waals surface area contributed by atoms with Gasteiger partial charge in [0.25, 0.3) is 0 Å². The van der Waals surface area contributed by atoms with E-state index >= 15 is 0 Å². The molecule has 164 valence electrons. The quantitative estimate of drug-likeness (QED) is 0.312. The van der Waals surface area contributed by atoms with Crippen LogP contribution in [0.25, 0.3) is 0 Å². The van der Waals surface area contributed by atoms with Gasteiger partial charge >= 0.3 is 0 Å².